The lowest BCUT2D eigenvalue weighted by Crippen LogP contribution is -2.38. The van der Waals surface area contributed by atoms with E-state index >= 15 is 0 Å². The van der Waals surface area contributed by atoms with Crippen LogP contribution in [0.4, 0.5) is 10.1 Å². The summed E-state index contributed by atoms with van der Waals surface area (Å²) in [6, 6.07) is 13.6. The Kier molecular flexibility index (Phi) is 5.99. The van der Waals surface area contributed by atoms with Crippen LogP contribution < -0.4 is 10.1 Å². The van der Waals surface area contributed by atoms with Crippen LogP contribution in [0, 0.1) is 17.1 Å². The van der Waals surface area contributed by atoms with Gasteiger partial charge in [-0.05, 0) is 44.4 Å². The van der Waals surface area contributed by atoms with Crippen LogP contribution in [0.5, 0.6) is 5.75 Å². The Morgan fingerprint density at radius 1 is 1.29 bits per heavy atom. The standard InChI is InChI=1S/C23H25FN2O2/c1-3-16(2)28-18-10-11-21(17(14-18)15-25)26-22(27)23(12-6-7-13-23)19-8-4-5-9-20(19)24/h4-5,8-11,14,16H,3,6-7,12-13H2,1-2H3,(H,26,27)/t16-/m1/s1. The second-order valence-electron chi connectivity index (χ2n) is 7.38. The van der Waals surface area contributed by atoms with Crippen LogP contribution in [0.1, 0.15) is 57.1 Å². The Bertz CT molecular complexity index is 898. The molecule has 0 radical (unpaired) electrons. The van der Waals surface area contributed by atoms with Crippen LogP contribution in [0.3, 0.4) is 0 Å². The minimum atomic E-state index is -0.899. The summed E-state index contributed by atoms with van der Waals surface area (Å²) >= 11 is 0. The second-order valence-corrected chi connectivity index (χ2v) is 7.38. The molecule has 2 aromatic carbocycles. The van der Waals surface area contributed by atoms with Crippen molar-refractivity contribution < 1.29 is 13.9 Å². The molecule has 0 aromatic heterocycles. The number of hydrogen-bond acceptors (Lipinski definition) is 3. The van der Waals surface area contributed by atoms with Gasteiger partial charge in [-0.15, -0.1) is 0 Å². The Morgan fingerprint density at radius 3 is 2.64 bits per heavy atom. The molecular weight excluding hydrogens is 355 g/mol. The van der Waals surface area contributed by atoms with Gasteiger partial charge in [-0.25, -0.2) is 4.39 Å². The Hall–Kier alpha value is -2.87. The normalized spacial score (nSPS) is 16.2. The molecule has 0 bridgehead atoms. The topological polar surface area (TPSA) is 62.1 Å². The van der Waals surface area contributed by atoms with Gasteiger partial charge in [0, 0.05) is 11.6 Å². The maximum atomic E-state index is 14.5. The van der Waals surface area contributed by atoms with Crippen molar-refractivity contribution in [3.05, 3.63) is 59.4 Å². The summed E-state index contributed by atoms with van der Waals surface area (Å²) in [6.45, 7) is 3.98. The highest BCUT2D eigenvalue weighted by molar-refractivity contribution is 6.00. The number of carbonyl (C=O) groups excluding carboxylic acids is 1. The molecule has 0 aliphatic heterocycles. The maximum Gasteiger partial charge on any atom is 0.235 e. The highest BCUT2D eigenvalue weighted by atomic mass is 19.1. The van der Waals surface area contributed by atoms with Gasteiger partial charge in [-0.1, -0.05) is 38.0 Å². The lowest BCUT2D eigenvalue weighted by Gasteiger charge is -2.29. The molecule has 0 saturated heterocycles. The van der Waals surface area contributed by atoms with Gasteiger partial charge in [0.2, 0.25) is 5.91 Å². The first-order valence-corrected chi connectivity index (χ1v) is 9.77. The first kappa shape index (κ1) is 19.9. The van der Waals surface area contributed by atoms with Crippen LogP contribution in [0.25, 0.3) is 0 Å². The van der Waals surface area contributed by atoms with E-state index in [2.05, 4.69) is 11.4 Å². The molecule has 0 heterocycles. The molecule has 1 aliphatic carbocycles. The smallest absolute Gasteiger partial charge is 0.235 e. The minimum absolute atomic E-state index is 0.0368. The van der Waals surface area contributed by atoms with E-state index in [0.717, 1.165) is 19.3 Å². The molecule has 0 spiro atoms. The van der Waals surface area contributed by atoms with Gasteiger partial charge in [-0.2, -0.15) is 5.26 Å². The van der Waals surface area contributed by atoms with Gasteiger partial charge in [0.15, 0.2) is 0 Å². The number of benzene rings is 2. The summed E-state index contributed by atoms with van der Waals surface area (Å²) in [7, 11) is 0. The number of nitriles is 1. The summed E-state index contributed by atoms with van der Waals surface area (Å²) in [4.78, 5) is 13.2. The fraction of sp³-hybridized carbons (Fsp3) is 0.391. The molecule has 4 nitrogen and oxygen atoms in total. The molecule has 1 saturated carbocycles. The van der Waals surface area contributed by atoms with E-state index in [1.54, 1.807) is 36.4 Å². The summed E-state index contributed by atoms with van der Waals surface area (Å²) in [5.41, 5.74) is 0.284. The number of ether oxygens (including phenoxy) is 1. The first-order chi connectivity index (χ1) is 13.5. The van der Waals surface area contributed by atoms with Gasteiger partial charge in [0.25, 0.3) is 0 Å². The van der Waals surface area contributed by atoms with Gasteiger partial charge in [0.1, 0.15) is 17.6 Å². The van der Waals surface area contributed by atoms with E-state index < -0.39 is 5.41 Å². The fourth-order valence-electron chi connectivity index (χ4n) is 3.80. The average Bonchev–Trinajstić information content (AvgIpc) is 3.20. The van der Waals surface area contributed by atoms with Crippen molar-refractivity contribution in [2.45, 2.75) is 57.5 Å². The number of nitrogens with zero attached hydrogens (tertiary/aromatic N) is 1. The van der Waals surface area contributed by atoms with Crippen LogP contribution in [-0.2, 0) is 10.2 Å². The number of carbonyl (C=O) groups is 1. The molecule has 3 rings (SSSR count). The predicted octanol–water partition coefficient (Wildman–Crippen LogP) is 5.33. The molecule has 28 heavy (non-hydrogen) atoms. The summed E-state index contributed by atoms with van der Waals surface area (Å²) in [5, 5.41) is 12.4. The summed E-state index contributed by atoms with van der Waals surface area (Å²) in [5.74, 6) is -0.0341. The third kappa shape index (κ3) is 3.87. The van der Waals surface area contributed by atoms with Crippen molar-refractivity contribution in [2.24, 2.45) is 0 Å². The van der Waals surface area contributed by atoms with Gasteiger partial charge >= 0.3 is 0 Å². The zero-order valence-electron chi connectivity index (χ0n) is 16.3. The second kappa shape index (κ2) is 8.43. The molecule has 1 N–H and O–H groups in total. The van der Waals surface area contributed by atoms with Crippen molar-refractivity contribution >= 4 is 11.6 Å². The van der Waals surface area contributed by atoms with E-state index in [1.807, 2.05) is 13.8 Å². The number of rotatable bonds is 6. The SMILES string of the molecule is CC[C@@H](C)Oc1ccc(NC(=O)C2(c3ccccc3F)CCCC2)c(C#N)c1. The Balaban J connectivity index is 1.89. The van der Waals surface area contributed by atoms with Crippen LogP contribution in [0.2, 0.25) is 0 Å². The van der Waals surface area contributed by atoms with Crippen LogP contribution in [-0.4, -0.2) is 12.0 Å². The van der Waals surface area contributed by atoms with Gasteiger partial charge in [0.05, 0.1) is 22.8 Å². The number of hydrogen-bond donors (Lipinski definition) is 1. The van der Waals surface area contributed by atoms with Crippen molar-refractivity contribution in [2.75, 3.05) is 5.32 Å². The molecule has 1 fully saturated rings. The zero-order valence-corrected chi connectivity index (χ0v) is 16.3. The molecule has 1 amide bonds. The van der Waals surface area contributed by atoms with Gasteiger partial charge < -0.3 is 10.1 Å². The third-order valence-corrected chi connectivity index (χ3v) is 5.55. The number of anilines is 1. The van der Waals surface area contributed by atoms with E-state index in [0.29, 0.717) is 35.4 Å². The lowest BCUT2D eigenvalue weighted by atomic mass is 9.77. The fourth-order valence-corrected chi connectivity index (χ4v) is 3.80. The molecular formula is C23H25FN2O2. The number of nitrogens with one attached hydrogen (secondary N) is 1. The molecule has 1 atom stereocenters. The highest BCUT2D eigenvalue weighted by Gasteiger charge is 2.44. The number of amides is 1. The molecule has 0 unspecified atom stereocenters. The van der Waals surface area contributed by atoms with Crippen molar-refractivity contribution in [1.29, 1.82) is 5.26 Å². The largest absolute Gasteiger partial charge is 0.491 e. The van der Waals surface area contributed by atoms with Crippen molar-refractivity contribution in [3.8, 4) is 11.8 Å². The quantitative estimate of drug-likeness (QED) is 0.737. The van der Waals surface area contributed by atoms with E-state index in [1.165, 1.54) is 6.07 Å². The Labute approximate surface area is 165 Å². The van der Waals surface area contributed by atoms with E-state index in [4.69, 9.17) is 4.74 Å². The average molecular weight is 380 g/mol. The monoisotopic (exact) mass is 380 g/mol. The van der Waals surface area contributed by atoms with Crippen molar-refractivity contribution in [1.82, 2.24) is 0 Å². The summed E-state index contributed by atoms with van der Waals surface area (Å²) in [6.07, 6.45) is 3.82. The molecule has 2 aromatic rings. The molecule has 5 heteroatoms. The summed E-state index contributed by atoms with van der Waals surface area (Å²) < 4.78 is 20.2. The molecule has 1 aliphatic rings. The van der Waals surface area contributed by atoms with E-state index in [-0.39, 0.29) is 17.8 Å². The van der Waals surface area contributed by atoms with Crippen molar-refractivity contribution in [3.63, 3.8) is 0 Å². The van der Waals surface area contributed by atoms with E-state index in [9.17, 15) is 14.4 Å². The lowest BCUT2D eigenvalue weighted by molar-refractivity contribution is -0.121. The van der Waals surface area contributed by atoms with Crippen LogP contribution >= 0.6 is 0 Å². The highest BCUT2D eigenvalue weighted by Crippen LogP contribution is 2.43. The number of halogens is 1. The molecule has 146 valence electrons. The van der Waals surface area contributed by atoms with Crippen LogP contribution in [0.15, 0.2) is 42.5 Å². The Morgan fingerprint density at radius 2 is 2.00 bits per heavy atom. The van der Waals surface area contributed by atoms with Gasteiger partial charge in [-0.3, -0.25) is 4.79 Å². The zero-order chi connectivity index (χ0) is 20.1. The minimum Gasteiger partial charge on any atom is -0.491 e. The maximum absolute atomic E-state index is 14.5. The first-order valence-electron chi connectivity index (χ1n) is 9.77. The third-order valence-electron chi connectivity index (χ3n) is 5.55. The predicted molar refractivity (Wildman–Crippen MR) is 107 cm³/mol.